The molecule has 186 valence electrons. The Balaban J connectivity index is 1.76. The highest BCUT2D eigenvalue weighted by molar-refractivity contribution is 5.85. The molecule has 12 heteroatoms. The van der Waals surface area contributed by atoms with Crippen LogP contribution in [0.15, 0.2) is 18.3 Å². The van der Waals surface area contributed by atoms with Gasteiger partial charge in [-0.05, 0) is 25.0 Å². The number of benzene rings is 1. The molecule has 34 heavy (non-hydrogen) atoms. The van der Waals surface area contributed by atoms with E-state index in [0.717, 1.165) is 25.0 Å². The molecule has 0 radical (unpaired) electrons. The highest BCUT2D eigenvalue weighted by Gasteiger charge is 2.61. The zero-order chi connectivity index (χ0) is 24.6. The molecule has 2 heterocycles. The summed E-state index contributed by atoms with van der Waals surface area (Å²) in [5.41, 5.74) is 4.12. The maximum Gasteiger partial charge on any atom is 0.252 e. The minimum atomic E-state index is -1.76. The second kappa shape index (κ2) is 9.61. The summed E-state index contributed by atoms with van der Waals surface area (Å²) in [6.45, 7) is -0.430. The molecule has 9 nitrogen and oxygen atoms in total. The number of rotatable bonds is 6. The molecular weight excluding hydrogens is 457 g/mol. The van der Waals surface area contributed by atoms with Crippen LogP contribution in [-0.2, 0) is 14.3 Å². The van der Waals surface area contributed by atoms with E-state index >= 15 is 0 Å². The van der Waals surface area contributed by atoms with Crippen molar-refractivity contribution in [2.45, 2.75) is 62.1 Å². The Morgan fingerprint density at radius 2 is 1.97 bits per heavy atom. The molecular formula is C22H27F3N4O5. The maximum atomic E-state index is 13.7. The first-order valence-corrected chi connectivity index (χ1v) is 11.1. The van der Waals surface area contributed by atoms with Gasteiger partial charge in [-0.2, -0.15) is 0 Å². The predicted octanol–water partition coefficient (Wildman–Crippen LogP) is 1.47. The van der Waals surface area contributed by atoms with Gasteiger partial charge in [0.25, 0.3) is 5.91 Å². The van der Waals surface area contributed by atoms with Gasteiger partial charge in [-0.1, -0.05) is 18.1 Å². The van der Waals surface area contributed by atoms with E-state index in [9.17, 15) is 28.2 Å². The molecule has 1 saturated carbocycles. The van der Waals surface area contributed by atoms with Crippen LogP contribution in [0.1, 0.15) is 38.1 Å². The standard InChI is InChI=1S/C22H27F3N4O5/c1-33-20-17(29-9-16(27-28-29)11-6-14(23)19(25)15(24)7-11)8-12(10-30)34-22(20,21(26)32)13-4-2-3-5-18(13)31/h6-7,9,12-13,17-18,20,30-31H,2-5,8,10H2,1H3,(H2,26,32)/t12?,13-,17?,18-,20?,22?/m0/s1. The van der Waals surface area contributed by atoms with E-state index in [2.05, 4.69) is 10.3 Å². The molecule has 4 unspecified atom stereocenters. The normalized spacial score (nSPS) is 32.0. The van der Waals surface area contributed by atoms with E-state index in [0.29, 0.717) is 12.8 Å². The molecule has 2 aromatic rings. The second-order valence-corrected chi connectivity index (χ2v) is 8.84. The Morgan fingerprint density at radius 1 is 1.29 bits per heavy atom. The first kappa shape index (κ1) is 24.6. The number of halogens is 3. The number of aromatic nitrogens is 3. The summed E-state index contributed by atoms with van der Waals surface area (Å²) < 4.78 is 54.0. The summed E-state index contributed by atoms with van der Waals surface area (Å²) in [5.74, 6) is -5.85. The lowest BCUT2D eigenvalue weighted by Gasteiger charge is -2.52. The van der Waals surface area contributed by atoms with Gasteiger partial charge in [0.15, 0.2) is 23.1 Å². The number of nitrogens with two attached hydrogens (primary N) is 1. The molecule has 1 aliphatic heterocycles. The van der Waals surface area contributed by atoms with Crippen LogP contribution in [0.3, 0.4) is 0 Å². The first-order chi connectivity index (χ1) is 16.2. The van der Waals surface area contributed by atoms with Gasteiger partial charge >= 0.3 is 0 Å². The van der Waals surface area contributed by atoms with Crippen LogP contribution in [0.2, 0.25) is 0 Å². The fraction of sp³-hybridized carbons (Fsp3) is 0.591. The van der Waals surface area contributed by atoms with Crippen LogP contribution in [0.25, 0.3) is 11.3 Å². The maximum absolute atomic E-state index is 13.7. The Bertz CT molecular complexity index is 1030. The number of carbonyl (C=O) groups is 1. The van der Waals surface area contributed by atoms with Crippen molar-refractivity contribution >= 4 is 5.91 Å². The number of nitrogens with zero attached hydrogens (tertiary/aromatic N) is 3. The minimum Gasteiger partial charge on any atom is -0.394 e. The SMILES string of the molecule is COC1C(n2cc(-c3cc(F)c(F)c(F)c3)nn2)CC(CO)OC1(C(N)=O)[C@H]1CCCC[C@@H]1O. The number of hydrogen-bond acceptors (Lipinski definition) is 7. The van der Waals surface area contributed by atoms with Crippen molar-refractivity contribution in [3.05, 3.63) is 35.8 Å². The van der Waals surface area contributed by atoms with E-state index in [-0.39, 0.29) is 17.7 Å². The van der Waals surface area contributed by atoms with Crippen LogP contribution in [0, 0.1) is 23.4 Å². The lowest BCUT2D eigenvalue weighted by atomic mass is 9.68. The van der Waals surface area contributed by atoms with Crippen LogP contribution in [0.4, 0.5) is 13.2 Å². The number of carbonyl (C=O) groups excluding carboxylic acids is 1. The number of hydrogen-bond donors (Lipinski definition) is 3. The van der Waals surface area contributed by atoms with E-state index < -0.39 is 65.8 Å². The highest BCUT2D eigenvalue weighted by Crippen LogP contribution is 2.47. The van der Waals surface area contributed by atoms with Crippen molar-refractivity contribution in [1.82, 2.24) is 15.0 Å². The molecule has 4 N–H and O–H groups in total. The number of ether oxygens (including phenoxy) is 2. The van der Waals surface area contributed by atoms with Gasteiger partial charge in [-0.25, -0.2) is 17.9 Å². The van der Waals surface area contributed by atoms with Crippen molar-refractivity contribution in [1.29, 1.82) is 0 Å². The van der Waals surface area contributed by atoms with Gasteiger partial charge in [0, 0.05) is 25.0 Å². The van der Waals surface area contributed by atoms with Gasteiger partial charge in [-0.15, -0.1) is 5.10 Å². The van der Waals surface area contributed by atoms with Crippen molar-refractivity contribution in [2.75, 3.05) is 13.7 Å². The molecule has 1 saturated heterocycles. The predicted molar refractivity (Wildman–Crippen MR) is 112 cm³/mol. The molecule has 4 rings (SSSR count). The van der Waals surface area contributed by atoms with E-state index in [1.807, 2.05) is 0 Å². The van der Waals surface area contributed by atoms with Crippen molar-refractivity contribution in [3.8, 4) is 11.3 Å². The molecule has 1 amide bonds. The van der Waals surface area contributed by atoms with Crippen molar-refractivity contribution in [2.24, 2.45) is 11.7 Å². The quantitative estimate of drug-likeness (QED) is 0.529. The average molecular weight is 484 g/mol. The Labute approximate surface area is 193 Å². The summed E-state index contributed by atoms with van der Waals surface area (Å²) in [4.78, 5) is 12.9. The van der Waals surface area contributed by atoms with Gasteiger partial charge in [0.05, 0.1) is 31.1 Å². The number of primary amides is 1. The molecule has 2 aliphatic rings. The summed E-state index contributed by atoms with van der Waals surface area (Å²) >= 11 is 0. The molecule has 1 aliphatic carbocycles. The van der Waals surface area contributed by atoms with Gasteiger partial charge < -0.3 is 25.4 Å². The van der Waals surface area contributed by atoms with Crippen LogP contribution < -0.4 is 5.73 Å². The Kier molecular flexibility index (Phi) is 6.94. The molecule has 6 atom stereocenters. The topological polar surface area (TPSA) is 133 Å². The van der Waals surface area contributed by atoms with Crippen LogP contribution >= 0.6 is 0 Å². The smallest absolute Gasteiger partial charge is 0.252 e. The summed E-state index contributed by atoms with van der Waals surface area (Å²) in [6.07, 6.45) is 1.29. The average Bonchev–Trinajstić information content (AvgIpc) is 3.31. The number of methoxy groups -OCH3 is 1. The Hall–Kier alpha value is -2.54. The van der Waals surface area contributed by atoms with Crippen molar-refractivity contribution in [3.63, 3.8) is 0 Å². The number of aliphatic hydroxyl groups is 2. The third kappa shape index (κ3) is 4.08. The van der Waals surface area contributed by atoms with Gasteiger partial charge in [0.2, 0.25) is 0 Å². The zero-order valence-electron chi connectivity index (χ0n) is 18.5. The van der Waals surface area contributed by atoms with Crippen LogP contribution in [0.5, 0.6) is 0 Å². The molecule has 0 bridgehead atoms. The second-order valence-electron chi connectivity index (χ2n) is 8.84. The largest absolute Gasteiger partial charge is 0.394 e. The minimum absolute atomic E-state index is 0.0359. The fourth-order valence-electron chi connectivity index (χ4n) is 5.33. The monoisotopic (exact) mass is 484 g/mol. The lowest BCUT2D eigenvalue weighted by Crippen LogP contribution is -2.69. The fourth-order valence-corrected chi connectivity index (χ4v) is 5.33. The van der Waals surface area contributed by atoms with E-state index in [1.54, 1.807) is 0 Å². The van der Waals surface area contributed by atoms with Crippen molar-refractivity contribution < 1.29 is 37.7 Å². The summed E-state index contributed by atoms with van der Waals surface area (Å²) in [7, 11) is 1.37. The third-order valence-corrected chi connectivity index (χ3v) is 6.89. The summed E-state index contributed by atoms with van der Waals surface area (Å²) in [5, 5.41) is 28.7. The highest BCUT2D eigenvalue weighted by atomic mass is 19.2. The van der Waals surface area contributed by atoms with E-state index in [4.69, 9.17) is 15.2 Å². The lowest BCUT2D eigenvalue weighted by molar-refractivity contribution is -0.251. The first-order valence-electron chi connectivity index (χ1n) is 11.1. The van der Waals surface area contributed by atoms with Gasteiger partial charge in [0.1, 0.15) is 11.8 Å². The van der Waals surface area contributed by atoms with E-state index in [1.165, 1.54) is 18.0 Å². The molecule has 1 aromatic heterocycles. The molecule has 2 fully saturated rings. The summed E-state index contributed by atoms with van der Waals surface area (Å²) in [6, 6.07) is 0.870. The number of aliphatic hydroxyl groups excluding tert-OH is 2. The molecule has 1 aromatic carbocycles. The third-order valence-electron chi connectivity index (χ3n) is 6.89. The zero-order valence-corrected chi connectivity index (χ0v) is 18.5. The van der Waals surface area contributed by atoms with Crippen LogP contribution in [-0.4, -0.2) is 68.7 Å². The number of amides is 1. The molecule has 0 spiro atoms. The van der Waals surface area contributed by atoms with Gasteiger partial charge in [-0.3, -0.25) is 4.79 Å². The Morgan fingerprint density at radius 3 is 2.56 bits per heavy atom.